The van der Waals surface area contributed by atoms with E-state index in [2.05, 4.69) is 12.2 Å². The molecule has 0 heterocycles. The van der Waals surface area contributed by atoms with Crippen molar-refractivity contribution in [1.82, 2.24) is 5.32 Å². The Hall–Kier alpha value is -1.26. The number of carbonyl (C=O) groups excluding carboxylic acids is 1. The number of amides is 1. The van der Waals surface area contributed by atoms with Crippen LogP contribution in [0.3, 0.4) is 0 Å². The van der Waals surface area contributed by atoms with Crippen LogP contribution in [0.15, 0.2) is 24.3 Å². The third kappa shape index (κ3) is 5.56. The maximum atomic E-state index is 12.3. The summed E-state index contributed by atoms with van der Waals surface area (Å²) in [4.78, 5) is 12.3. The highest BCUT2D eigenvalue weighted by molar-refractivity contribution is 5.95. The van der Waals surface area contributed by atoms with E-state index in [1.54, 1.807) is 12.1 Å². The van der Waals surface area contributed by atoms with E-state index >= 15 is 0 Å². The molecule has 0 saturated carbocycles. The van der Waals surface area contributed by atoms with Crippen LogP contribution in [-0.4, -0.2) is 24.6 Å². The summed E-state index contributed by atoms with van der Waals surface area (Å²) >= 11 is 0. The number of nitrogens with one attached hydrogen (secondary N) is 1. The molecule has 1 amide bonds. The van der Waals surface area contributed by atoms with Gasteiger partial charge in [0, 0.05) is 12.1 Å². The van der Waals surface area contributed by atoms with Crippen molar-refractivity contribution in [3.8, 4) is 5.75 Å². The normalized spacial score (nSPS) is 10.7. The van der Waals surface area contributed by atoms with E-state index < -0.39 is 0 Å². The lowest BCUT2D eigenvalue weighted by atomic mass is 9.92. The molecule has 5 heteroatoms. The summed E-state index contributed by atoms with van der Waals surface area (Å²) in [5.41, 5.74) is 6.10. The van der Waals surface area contributed by atoms with Gasteiger partial charge in [0.2, 0.25) is 0 Å². The van der Waals surface area contributed by atoms with Crippen LogP contribution in [0.1, 0.15) is 50.4 Å². The minimum absolute atomic E-state index is 0. The molecule has 0 aliphatic carbocycles. The van der Waals surface area contributed by atoms with Crippen molar-refractivity contribution in [2.75, 3.05) is 13.2 Å². The highest BCUT2D eigenvalue weighted by Gasteiger charge is 2.26. The SMILES string of the molecule is CCCOc1cccc(C(=O)NC(CC)(CC)CN)c1.Cl. The molecule has 4 nitrogen and oxygen atoms in total. The Balaban J connectivity index is 0.00000400. The summed E-state index contributed by atoms with van der Waals surface area (Å²) in [6.07, 6.45) is 2.58. The largest absolute Gasteiger partial charge is 0.494 e. The van der Waals surface area contributed by atoms with Crippen molar-refractivity contribution in [2.24, 2.45) is 5.73 Å². The van der Waals surface area contributed by atoms with Crippen LogP contribution in [0, 0.1) is 0 Å². The molecule has 0 aromatic heterocycles. The van der Waals surface area contributed by atoms with Gasteiger partial charge < -0.3 is 15.8 Å². The summed E-state index contributed by atoms with van der Waals surface area (Å²) in [6, 6.07) is 7.27. The number of hydrogen-bond acceptors (Lipinski definition) is 3. The topological polar surface area (TPSA) is 64.3 Å². The first-order valence-corrected chi connectivity index (χ1v) is 7.36. The molecular weight excluding hydrogens is 288 g/mol. The number of rotatable bonds is 8. The number of ether oxygens (including phenoxy) is 1. The highest BCUT2D eigenvalue weighted by Crippen LogP contribution is 2.17. The van der Waals surface area contributed by atoms with E-state index in [1.807, 2.05) is 26.0 Å². The summed E-state index contributed by atoms with van der Waals surface area (Å²) in [5, 5.41) is 3.06. The molecule has 120 valence electrons. The molecule has 0 fully saturated rings. The fourth-order valence-electron chi connectivity index (χ4n) is 2.03. The lowest BCUT2D eigenvalue weighted by Crippen LogP contribution is -2.52. The molecule has 0 bridgehead atoms. The van der Waals surface area contributed by atoms with E-state index in [-0.39, 0.29) is 23.9 Å². The molecule has 1 rings (SSSR count). The van der Waals surface area contributed by atoms with Gasteiger partial charge in [-0.05, 0) is 37.5 Å². The number of halogens is 1. The Kier molecular flexibility index (Phi) is 9.06. The number of hydrogen-bond donors (Lipinski definition) is 2. The van der Waals surface area contributed by atoms with Crippen LogP contribution in [0.25, 0.3) is 0 Å². The summed E-state index contributed by atoms with van der Waals surface area (Å²) < 4.78 is 5.55. The Morgan fingerprint density at radius 1 is 1.29 bits per heavy atom. The van der Waals surface area contributed by atoms with Crippen molar-refractivity contribution in [3.05, 3.63) is 29.8 Å². The zero-order chi connectivity index (χ0) is 15.0. The molecule has 21 heavy (non-hydrogen) atoms. The van der Waals surface area contributed by atoms with E-state index in [1.165, 1.54) is 0 Å². The lowest BCUT2D eigenvalue weighted by Gasteiger charge is -2.31. The Bertz CT molecular complexity index is 426. The van der Waals surface area contributed by atoms with E-state index in [0.29, 0.717) is 18.7 Å². The van der Waals surface area contributed by atoms with Gasteiger partial charge in [-0.2, -0.15) is 0 Å². The summed E-state index contributed by atoms with van der Waals surface area (Å²) in [6.45, 7) is 7.23. The average Bonchev–Trinajstić information content (AvgIpc) is 2.51. The Morgan fingerprint density at radius 3 is 2.48 bits per heavy atom. The Labute approximate surface area is 133 Å². The third-order valence-corrected chi connectivity index (χ3v) is 3.69. The van der Waals surface area contributed by atoms with Gasteiger partial charge in [0.1, 0.15) is 5.75 Å². The van der Waals surface area contributed by atoms with Gasteiger partial charge in [0.15, 0.2) is 0 Å². The Morgan fingerprint density at radius 2 is 1.95 bits per heavy atom. The van der Waals surface area contributed by atoms with E-state index in [4.69, 9.17) is 10.5 Å². The van der Waals surface area contributed by atoms with Gasteiger partial charge in [-0.1, -0.05) is 26.8 Å². The van der Waals surface area contributed by atoms with Crippen molar-refractivity contribution in [3.63, 3.8) is 0 Å². The first kappa shape index (κ1) is 19.7. The van der Waals surface area contributed by atoms with Crippen LogP contribution in [0.4, 0.5) is 0 Å². The van der Waals surface area contributed by atoms with Gasteiger partial charge in [-0.3, -0.25) is 4.79 Å². The number of carbonyl (C=O) groups is 1. The lowest BCUT2D eigenvalue weighted by molar-refractivity contribution is 0.0895. The molecule has 0 aliphatic heterocycles. The first-order chi connectivity index (χ1) is 9.60. The fraction of sp³-hybridized carbons (Fsp3) is 0.562. The van der Waals surface area contributed by atoms with Gasteiger partial charge in [-0.25, -0.2) is 0 Å². The minimum Gasteiger partial charge on any atom is -0.494 e. The predicted molar refractivity (Wildman–Crippen MR) is 89.3 cm³/mol. The van der Waals surface area contributed by atoms with Gasteiger partial charge in [0.05, 0.1) is 12.1 Å². The van der Waals surface area contributed by atoms with Crippen molar-refractivity contribution >= 4 is 18.3 Å². The second-order valence-electron chi connectivity index (χ2n) is 5.02. The number of nitrogens with two attached hydrogens (primary N) is 1. The zero-order valence-electron chi connectivity index (χ0n) is 13.1. The molecule has 1 aromatic rings. The number of benzene rings is 1. The van der Waals surface area contributed by atoms with Crippen LogP contribution in [0.2, 0.25) is 0 Å². The van der Waals surface area contributed by atoms with Crippen molar-refractivity contribution in [2.45, 2.75) is 45.6 Å². The van der Waals surface area contributed by atoms with Crippen LogP contribution >= 0.6 is 12.4 Å². The summed E-state index contributed by atoms with van der Waals surface area (Å²) in [7, 11) is 0. The second-order valence-corrected chi connectivity index (χ2v) is 5.02. The van der Waals surface area contributed by atoms with Gasteiger partial charge >= 0.3 is 0 Å². The molecule has 0 atom stereocenters. The van der Waals surface area contributed by atoms with Crippen LogP contribution in [0.5, 0.6) is 5.75 Å². The molecule has 0 aliphatic rings. The van der Waals surface area contributed by atoms with Crippen molar-refractivity contribution < 1.29 is 9.53 Å². The van der Waals surface area contributed by atoms with Crippen molar-refractivity contribution in [1.29, 1.82) is 0 Å². The quantitative estimate of drug-likeness (QED) is 0.774. The monoisotopic (exact) mass is 314 g/mol. The van der Waals surface area contributed by atoms with Gasteiger partial charge in [0.25, 0.3) is 5.91 Å². The maximum absolute atomic E-state index is 12.3. The molecular formula is C16H27ClN2O2. The summed E-state index contributed by atoms with van der Waals surface area (Å²) in [5.74, 6) is 0.631. The first-order valence-electron chi connectivity index (χ1n) is 7.36. The average molecular weight is 315 g/mol. The van der Waals surface area contributed by atoms with Crippen LogP contribution < -0.4 is 15.8 Å². The molecule has 1 aromatic carbocycles. The molecule has 0 spiro atoms. The van der Waals surface area contributed by atoms with Gasteiger partial charge in [-0.15, -0.1) is 12.4 Å². The highest BCUT2D eigenvalue weighted by atomic mass is 35.5. The fourth-order valence-corrected chi connectivity index (χ4v) is 2.03. The molecule has 0 radical (unpaired) electrons. The zero-order valence-corrected chi connectivity index (χ0v) is 14.0. The predicted octanol–water partition coefficient (Wildman–Crippen LogP) is 3.14. The second kappa shape index (κ2) is 9.64. The maximum Gasteiger partial charge on any atom is 0.251 e. The standard InChI is InChI=1S/C16H26N2O2.ClH/c1-4-10-20-14-9-7-8-13(11-14)15(19)18-16(5-2,6-3)12-17;/h7-9,11H,4-6,10,12,17H2,1-3H3,(H,18,19);1H. The van der Waals surface area contributed by atoms with E-state index in [9.17, 15) is 4.79 Å². The van der Waals surface area contributed by atoms with E-state index in [0.717, 1.165) is 25.0 Å². The molecule has 0 saturated heterocycles. The molecule has 3 N–H and O–H groups in total. The van der Waals surface area contributed by atoms with Crippen LogP contribution in [-0.2, 0) is 0 Å². The third-order valence-electron chi connectivity index (χ3n) is 3.69. The smallest absolute Gasteiger partial charge is 0.251 e. The minimum atomic E-state index is -0.322. The molecule has 0 unspecified atom stereocenters.